The highest BCUT2D eigenvalue weighted by molar-refractivity contribution is 14.1. The summed E-state index contributed by atoms with van der Waals surface area (Å²) in [5.41, 5.74) is 0.340. The Kier molecular flexibility index (Phi) is 3.44. The molecule has 1 aliphatic heterocycles. The lowest BCUT2D eigenvalue weighted by molar-refractivity contribution is 0.0764. The van der Waals surface area contributed by atoms with Crippen LogP contribution in [-0.4, -0.2) is 35.1 Å². The van der Waals surface area contributed by atoms with E-state index in [9.17, 15) is 14.3 Å². The van der Waals surface area contributed by atoms with Gasteiger partial charge in [0.1, 0.15) is 5.82 Å². The number of hydrogen-bond donors (Lipinski definition) is 1. The molecule has 0 radical (unpaired) electrons. The Hall–Kier alpha value is -0.690. The number of aliphatic hydroxyl groups is 1. The lowest BCUT2D eigenvalue weighted by atomic mass is 10.2. The van der Waals surface area contributed by atoms with Crippen molar-refractivity contribution in [2.75, 3.05) is 13.1 Å². The van der Waals surface area contributed by atoms with E-state index in [2.05, 4.69) is 0 Å². The average Bonchev–Trinajstić information content (AvgIpc) is 2.68. The second kappa shape index (κ2) is 4.67. The molecule has 2 rings (SSSR count). The van der Waals surface area contributed by atoms with Crippen molar-refractivity contribution >= 4 is 28.5 Å². The topological polar surface area (TPSA) is 40.5 Å². The Morgan fingerprint density at radius 2 is 2.31 bits per heavy atom. The maximum absolute atomic E-state index is 13.3. The third kappa shape index (κ3) is 2.35. The number of halogens is 2. The van der Waals surface area contributed by atoms with Crippen molar-refractivity contribution < 1.29 is 14.3 Å². The minimum absolute atomic E-state index is 0.216. The molecule has 5 heteroatoms. The molecule has 86 valence electrons. The number of nitrogens with zero attached hydrogens (tertiary/aromatic N) is 1. The molecule has 0 spiro atoms. The van der Waals surface area contributed by atoms with Crippen LogP contribution in [0.25, 0.3) is 0 Å². The maximum atomic E-state index is 13.3. The highest BCUT2D eigenvalue weighted by Gasteiger charge is 2.25. The summed E-state index contributed by atoms with van der Waals surface area (Å²) in [6.07, 6.45) is 0.149. The van der Waals surface area contributed by atoms with E-state index in [1.807, 2.05) is 22.6 Å². The van der Waals surface area contributed by atoms with Crippen molar-refractivity contribution in [1.29, 1.82) is 0 Å². The molecule has 1 amide bonds. The van der Waals surface area contributed by atoms with Gasteiger partial charge in [-0.05, 0) is 47.2 Å². The molecule has 0 bridgehead atoms. The Balaban J connectivity index is 2.18. The molecule has 0 aliphatic carbocycles. The summed E-state index contributed by atoms with van der Waals surface area (Å²) in [7, 11) is 0. The van der Waals surface area contributed by atoms with Crippen molar-refractivity contribution in [2.24, 2.45) is 0 Å². The van der Waals surface area contributed by atoms with Gasteiger partial charge in [-0.1, -0.05) is 0 Å². The molecular weight excluding hydrogens is 324 g/mol. The summed E-state index contributed by atoms with van der Waals surface area (Å²) >= 11 is 1.88. The molecule has 0 aromatic heterocycles. The number of β-amino-alcohol motifs (C(OH)–C–C–N with tert-alkyl or cyclic N) is 1. The summed E-state index contributed by atoms with van der Waals surface area (Å²) in [5, 5.41) is 9.32. The molecule has 1 aliphatic rings. The highest BCUT2D eigenvalue weighted by atomic mass is 127. The smallest absolute Gasteiger partial charge is 0.254 e. The zero-order valence-corrected chi connectivity index (χ0v) is 10.6. The summed E-state index contributed by atoms with van der Waals surface area (Å²) in [6.45, 7) is 0.875. The Bertz CT molecular complexity index is 424. The predicted octanol–water partition coefficient (Wildman–Crippen LogP) is 1.64. The second-order valence-electron chi connectivity index (χ2n) is 3.82. The molecule has 1 fully saturated rings. The van der Waals surface area contributed by atoms with E-state index < -0.39 is 6.10 Å². The second-order valence-corrected chi connectivity index (χ2v) is 4.98. The predicted molar refractivity (Wildman–Crippen MR) is 65.6 cm³/mol. The lowest BCUT2D eigenvalue weighted by Gasteiger charge is -2.15. The number of rotatable bonds is 1. The first-order valence-electron chi connectivity index (χ1n) is 5.00. The Morgan fingerprint density at radius 3 is 2.88 bits per heavy atom. The van der Waals surface area contributed by atoms with Gasteiger partial charge in [-0.25, -0.2) is 4.39 Å². The zero-order valence-electron chi connectivity index (χ0n) is 8.49. The quantitative estimate of drug-likeness (QED) is 0.793. The van der Waals surface area contributed by atoms with Gasteiger partial charge in [0.05, 0.1) is 6.10 Å². The standard InChI is InChI=1S/C11H11FINO2/c12-9-5-7(1-2-10(9)13)11(16)14-4-3-8(15)6-14/h1-2,5,8,15H,3-4,6H2/t8-/m0/s1. The van der Waals surface area contributed by atoms with E-state index in [0.717, 1.165) is 0 Å². The fraction of sp³-hybridized carbons (Fsp3) is 0.364. The normalized spacial score (nSPS) is 20.2. The highest BCUT2D eigenvalue weighted by Crippen LogP contribution is 2.17. The van der Waals surface area contributed by atoms with E-state index in [0.29, 0.717) is 28.6 Å². The van der Waals surface area contributed by atoms with Crippen LogP contribution < -0.4 is 0 Å². The number of hydrogen-bond acceptors (Lipinski definition) is 2. The fourth-order valence-electron chi connectivity index (χ4n) is 1.74. The average molecular weight is 335 g/mol. The van der Waals surface area contributed by atoms with Crippen molar-refractivity contribution in [2.45, 2.75) is 12.5 Å². The largest absolute Gasteiger partial charge is 0.391 e. The van der Waals surface area contributed by atoms with Crippen LogP contribution in [0.1, 0.15) is 16.8 Å². The van der Waals surface area contributed by atoms with Crippen LogP contribution in [0.5, 0.6) is 0 Å². The van der Waals surface area contributed by atoms with E-state index in [1.54, 1.807) is 17.0 Å². The molecular formula is C11H11FINO2. The summed E-state index contributed by atoms with van der Waals surface area (Å²) in [5.74, 6) is -0.599. The number of likely N-dealkylation sites (tertiary alicyclic amines) is 1. The fourth-order valence-corrected chi connectivity index (χ4v) is 2.07. The minimum atomic E-state index is -0.447. The minimum Gasteiger partial charge on any atom is -0.391 e. The lowest BCUT2D eigenvalue weighted by Crippen LogP contribution is -2.29. The summed E-state index contributed by atoms with van der Waals surface area (Å²) < 4.78 is 13.8. The van der Waals surface area contributed by atoms with Crippen LogP contribution in [0.15, 0.2) is 18.2 Å². The molecule has 1 saturated heterocycles. The third-order valence-corrected chi connectivity index (χ3v) is 3.49. The van der Waals surface area contributed by atoms with Gasteiger partial charge < -0.3 is 10.0 Å². The molecule has 3 nitrogen and oxygen atoms in total. The van der Waals surface area contributed by atoms with E-state index in [4.69, 9.17) is 0 Å². The zero-order chi connectivity index (χ0) is 11.7. The van der Waals surface area contributed by atoms with Gasteiger partial charge in [-0.2, -0.15) is 0 Å². The molecule has 1 aromatic carbocycles. The number of aliphatic hydroxyl groups excluding tert-OH is 1. The van der Waals surface area contributed by atoms with Crippen molar-refractivity contribution in [3.63, 3.8) is 0 Å². The van der Waals surface area contributed by atoms with Gasteiger partial charge in [-0.3, -0.25) is 4.79 Å². The molecule has 1 atom stereocenters. The van der Waals surface area contributed by atoms with Crippen LogP contribution in [-0.2, 0) is 0 Å². The summed E-state index contributed by atoms with van der Waals surface area (Å²) in [6, 6.07) is 4.43. The van der Waals surface area contributed by atoms with Crippen molar-refractivity contribution in [3.05, 3.63) is 33.1 Å². The number of carbonyl (C=O) groups is 1. The summed E-state index contributed by atoms with van der Waals surface area (Å²) in [4.78, 5) is 13.4. The monoisotopic (exact) mass is 335 g/mol. The molecule has 16 heavy (non-hydrogen) atoms. The van der Waals surface area contributed by atoms with Gasteiger partial charge >= 0.3 is 0 Å². The van der Waals surface area contributed by atoms with Crippen molar-refractivity contribution in [1.82, 2.24) is 4.90 Å². The van der Waals surface area contributed by atoms with Crippen LogP contribution in [0, 0.1) is 9.39 Å². The Labute approximate surface area is 106 Å². The first-order chi connectivity index (χ1) is 7.58. The number of amides is 1. The van der Waals surface area contributed by atoms with Crippen molar-refractivity contribution in [3.8, 4) is 0 Å². The van der Waals surface area contributed by atoms with Gasteiger partial charge in [0.15, 0.2) is 0 Å². The molecule has 0 unspecified atom stereocenters. The van der Waals surface area contributed by atoms with Crippen LogP contribution in [0.2, 0.25) is 0 Å². The van der Waals surface area contributed by atoms with Gasteiger partial charge in [0, 0.05) is 22.2 Å². The van der Waals surface area contributed by atoms with E-state index in [1.165, 1.54) is 6.07 Å². The maximum Gasteiger partial charge on any atom is 0.254 e. The molecule has 1 heterocycles. The molecule has 1 N–H and O–H groups in total. The van der Waals surface area contributed by atoms with Gasteiger partial charge in [0.2, 0.25) is 0 Å². The van der Waals surface area contributed by atoms with Crippen LogP contribution in [0.3, 0.4) is 0 Å². The number of benzene rings is 1. The van der Waals surface area contributed by atoms with Gasteiger partial charge in [-0.15, -0.1) is 0 Å². The SMILES string of the molecule is O=C(c1ccc(I)c(F)c1)N1CC[C@H](O)C1. The van der Waals surface area contributed by atoms with E-state index in [-0.39, 0.29) is 11.7 Å². The molecule has 1 aromatic rings. The first kappa shape index (κ1) is 11.8. The van der Waals surface area contributed by atoms with Gasteiger partial charge in [0.25, 0.3) is 5.91 Å². The third-order valence-electron chi connectivity index (χ3n) is 2.62. The van der Waals surface area contributed by atoms with E-state index >= 15 is 0 Å². The number of carbonyl (C=O) groups excluding carboxylic acids is 1. The first-order valence-corrected chi connectivity index (χ1v) is 6.08. The van der Waals surface area contributed by atoms with Crippen LogP contribution in [0.4, 0.5) is 4.39 Å². The molecule has 0 saturated carbocycles. The van der Waals surface area contributed by atoms with Crippen LogP contribution >= 0.6 is 22.6 Å². The Morgan fingerprint density at radius 1 is 1.56 bits per heavy atom.